The van der Waals surface area contributed by atoms with Gasteiger partial charge in [0.15, 0.2) is 0 Å². The molecule has 1 atom stereocenters. The largest absolute Gasteiger partial charge is 0.414 e. The van der Waals surface area contributed by atoms with E-state index in [2.05, 4.69) is 24.0 Å². The van der Waals surface area contributed by atoms with Gasteiger partial charge in [-0.05, 0) is 24.0 Å². The zero-order valence-corrected chi connectivity index (χ0v) is 12.4. The number of nitrogens with zero attached hydrogens (tertiary/aromatic N) is 2. The molecule has 0 aliphatic rings. The average Bonchev–Trinajstić information content (AvgIpc) is 2.86. The number of aromatic nitrogens is 2. The molecule has 0 saturated carbocycles. The number of nitrogens with two attached hydrogens (primary N) is 1. The molecule has 0 fully saturated rings. The fourth-order valence-electron chi connectivity index (χ4n) is 1.79. The molecule has 6 heteroatoms. The van der Waals surface area contributed by atoms with Crippen molar-refractivity contribution in [3.8, 4) is 0 Å². The van der Waals surface area contributed by atoms with Crippen molar-refractivity contribution in [1.82, 2.24) is 10.2 Å². The van der Waals surface area contributed by atoms with Crippen molar-refractivity contribution in [2.45, 2.75) is 37.3 Å². The van der Waals surface area contributed by atoms with Crippen LogP contribution in [0.5, 0.6) is 0 Å². The van der Waals surface area contributed by atoms with Crippen LogP contribution in [0.2, 0.25) is 0 Å². The van der Waals surface area contributed by atoms with E-state index in [1.807, 2.05) is 0 Å². The third-order valence-corrected chi connectivity index (χ3v) is 3.64. The fraction of sp³-hybridized carbons (Fsp3) is 0.429. The highest BCUT2D eigenvalue weighted by atomic mass is 32.2. The Balaban J connectivity index is 1.95. The van der Waals surface area contributed by atoms with Gasteiger partial charge in [-0.15, -0.1) is 10.2 Å². The van der Waals surface area contributed by atoms with Crippen LogP contribution in [0, 0.1) is 11.7 Å². The van der Waals surface area contributed by atoms with Gasteiger partial charge in [0, 0.05) is 5.75 Å². The highest BCUT2D eigenvalue weighted by molar-refractivity contribution is 7.98. The Hall–Kier alpha value is -1.40. The van der Waals surface area contributed by atoms with E-state index in [0.717, 1.165) is 6.42 Å². The van der Waals surface area contributed by atoms with Crippen molar-refractivity contribution in [2.24, 2.45) is 11.7 Å². The molecule has 2 N–H and O–H groups in total. The normalized spacial score (nSPS) is 12.8. The Morgan fingerprint density at radius 3 is 2.75 bits per heavy atom. The Morgan fingerprint density at radius 1 is 1.30 bits per heavy atom. The number of halogens is 1. The van der Waals surface area contributed by atoms with Crippen LogP contribution in [0.15, 0.2) is 33.9 Å². The van der Waals surface area contributed by atoms with Crippen molar-refractivity contribution in [2.75, 3.05) is 0 Å². The minimum Gasteiger partial charge on any atom is -0.414 e. The van der Waals surface area contributed by atoms with Gasteiger partial charge in [-0.1, -0.05) is 43.8 Å². The quantitative estimate of drug-likeness (QED) is 0.826. The van der Waals surface area contributed by atoms with Crippen molar-refractivity contribution in [1.29, 1.82) is 0 Å². The number of benzene rings is 1. The Labute approximate surface area is 122 Å². The lowest BCUT2D eigenvalue weighted by Gasteiger charge is -2.08. The molecule has 0 amide bonds. The molecule has 1 aromatic carbocycles. The van der Waals surface area contributed by atoms with Crippen molar-refractivity contribution in [3.63, 3.8) is 0 Å². The second-order valence-electron chi connectivity index (χ2n) is 5.02. The number of hydrogen-bond donors (Lipinski definition) is 1. The predicted octanol–water partition coefficient (Wildman–Crippen LogP) is 3.55. The molecule has 2 aromatic rings. The summed E-state index contributed by atoms with van der Waals surface area (Å²) in [6, 6.07) is 6.40. The highest BCUT2D eigenvalue weighted by Gasteiger charge is 2.16. The van der Waals surface area contributed by atoms with Gasteiger partial charge in [-0.3, -0.25) is 0 Å². The monoisotopic (exact) mass is 295 g/mol. The summed E-state index contributed by atoms with van der Waals surface area (Å²) in [4.78, 5) is 0. The summed E-state index contributed by atoms with van der Waals surface area (Å²) < 4.78 is 19.0. The van der Waals surface area contributed by atoms with Crippen LogP contribution in [0.25, 0.3) is 0 Å². The highest BCUT2D eigenvalue weighted by Crippen LogP contribution is 2.25. The summed E-state index contributed by atoms with van der Waals surface area (Å²) >= 11 is 1.31. The third kappa shape index (κ3) is 4.05. The molecule has 0 aliphatic heterocycles. The van der Waals surface area contributed by atoms with Gasteiger partial charge in [-0.25, -0.2) is 4.39 Å². The van der Waals surface area contributed by atoms with Crippen LogP contribution in [0.4, 0.5) is 4.39 Å². The summed E-state index contributed by atoms with van der Waals surface area (Å²) in [5.41, 5.74) is 6.59. The van der Waals surface area contributed by atoms with Crippen LogP contribution in [0.3, 0.4) is 0 Å². The van der Waals surface area contributed by atoms with Crippen LogP contribution in [-0.4, -0.2) is 10.2 Å². The topological polar surface area (TPSA) is 64.9 Å². The summed E-state index contributed by atoms with van der Waals surface area (Å²) in [7, 11) is 0. The van der Waals surface area contributed by atoms with Crippen molar-refractivity contribution < 1.29 is 8.81 Å². The van der Waals surface area contributed by atoms with Gasteiger partial charge in [0.05, 0.1) is 6.04 Å². The summed E-state index contributed by atoms with van der Waals surface area (Å²) in [5, 5.41) is 8.30. The van der Waals surface area contributed by atoms with E-state index in [9.17, 15) is 4.39 Å². The summed E-state index contributed by atoms with van der Waals surface area (Å²) in [6.07, 6.45) is 0.791. The number of rotatable bonds is 6. The van der Waals surface area contributed by atoms with E-state index in [1.165, 1.54) is 17.8 Å². The number of hydrogen-bond acceptors (Lipinski definition) is 5. The lowest BCUT2D eigenvalue weighted by molar-refractivity contribution is 0.361. The predicted molar refractivity (Wildman–Crippen MR) is 76.6 cm³/mol. The Kier molecular flexibility index (Phi) is 5.14. The Bertz CT molecular complexity index is 559. The Morgan fingerprint density at radius 2 is 2.05 bits per heavy atom. The maximum Gasteiger partial charge on any atom is 0.276 e. The summed E-state index contributed by atoms with van der Waals surface area (Å²) in [6.45, 7) is 4.17. The molecule has 0 aliphatic carbocycles. The molecular weight excluding hydrogens is 277 g/mol. The molecule has 1 heterocycles. The van der Waals surface area contributed by atoms with Gasteiger partial charge >= 0.3 is 0 Å². The van der Waals surface area contributed by atoms with Crippen LogP contribution in [-0.2, 0) is 5.75 Å². The molecule has 108 valence electrons. The zero-order valence-electron chi connectivity index (χ0n) is 11.5. The van der Waals surface area contributed by atoms with E-state index in [0.29, 0.717) is 28.3 Å². The van der Waals surface area contributed by atoms with Crippen LogP contribution in [0.1, 0.15) is 37.8 Å². The van der Waals surface area contributed by atoms with Crippen molar-refractivity contribution >= 4 is 11.8 Å². The lowest BCUT2D eigenvalue weighted by atomic mass is 10.1. The van der Waals surface area contributed by atoms with E-state index >= 15 is 0 Å². The van der Waals surface area contributed by atoms with E-state index in [-0.39, 0.29) is 11.9 Å². The van der Waals surface area contributed by atoms with Gasteiger partial charge in [0.25, 0.3) is 5.22 Å². The maximum atomic E-state index is 13.5. The van der Waals surface area contributed by atoms with Gasteiger partial charge < -0.3 is 10.2 Å². The van der Waals surface area contributed by atoms with E-state index < -0.39 is 0 Å². The van der Waals surface area contributed by atoms with E-state index in [1.54, 1.807) is 18.2 Å². The number of thioether (sulfide) groups is 1. The first-order valence-electron chi connectivity index (χ1n) is 6.51. The molecule has 20 heavy (non-hydrogen) atoms. The standard InChI is InChI=1S/C14H18FN3OS/c1-9(2)7-12(16)13-17-18-14(19-13)20-8-10-5-3-4-6-11(10)15/h3-6,9,12H,7-8,16H2,1-2H3/t12-/m0/s1. The van der Waals surface area contributed by atoms with Gasteiger partial charge in [-0.2, -0.15) is 0 Å². The summed E-state index contributed by atoms with van der Waals surface area (Å²) in [5.74, 6) is 1.13. The molecule has 0 unspecified atom stereocenters. The average molecular weight is 295 g/mol. The third-order valence-electron chi connectivity index (χ3n) is 2.77. The van der Waals surface area contributed by atoms with Crippen LogP contribution >= 0.6 is 11.8 Å². The molecule has 1 aromatic heterocycles. The fourth-order valence-corrected chi connectivity index (χ4v) is 2.55. The molecule has 0 radical (unpaired) electrons. The second-order valence-corrected chi connectivity index (χ2v) is 5.95. The first kappa shape index (κ1) is 15.0. The molecule has 0 spiro atoms. The minimum absolute atomic E-state index is 0.226. The first-order valence-corrected chi connectivity index (χ1v) is 7.50. The molecule has 0 bridgehead atoms. The molecule has 2 rings (SSSR count). The van der Waals surface area contributed by atoms with Crippen molar-refractivity contribution in [3.05, 3.63) is 41.5 Å². The van der Waals surface area contributed by atoms with E-state index in [4.69, 9.17) is 10.2 Å². The second kappa shape index (κ2) is 6.85. The molecule has 4 nitrogen and oxygen atoms in total. The SMILES string of the molecule is CC(C)C[C@H](N)c1nnc(SCc2ccccc2F)o1. The smallest absolute Gasteiger partial charge is 0.276 e. The van der Waals surface area contributed by atoms with Gasteiger partial charge in [0.2, 0.25) is 5.89 Å². The molecular formula is C14H18FN3OS. The molecule has 0 saturated heterocycles. The zero-order chi connectivity index (χ0) is 14.5. The lowest BCUT2D eigenvalue weighted by Crippen LogP contribution is -2.13. The first-order chi connectivity index (χ1) is 9.56. The van der Waals surface area contributed by atoms with Gasteiger partial charge in [0.1, 0.15) is 5.82 Å². The minimum atomic E-state index is -0.245. The maximum absolute atomic E-state index is 13.5. The van der Waals surface area contributed by atoms with Crippen LogP contribution < -0.4 is 5.73 Å².